The van der Waals surface area contributed by atoms with Crippen molar-refractivity contribution in [2.45, 2.75) is 32.6 Å². The van der Waals surface area contributed by atoms with Gasteiger partial charge in [-0.15, -0.1) is 0 Å². The SMILES string of the molecule is CCC(=O)C(C)(C)c1ccccc1F. The minimum Gasteiger partial charge on any atom is -0.299 e. The average molecular weight is 194 g/mol. The van der Waals surface area contributed by atoms with Crippen molar-refractivity contribution >= 4 is 5.78 Å². The summed E-state index contributed by atoms with van der Waals surface area (Å²) in [6, 6.07) is 6.44. The third-order valence-corrected chi connectivity index (χ3v) is 2.57. The molecule has 0 bridgehead atoms. The number of carbonyl (C=O) groups excluding carboxylic acids is 1. The lowest BCUT2D eigenvalue weighted by atomic mass is 9.79. The quantitative estimate of drug-likeness (QED) is 0.722. The van der Waals surface area contributed by atoms with Crippen molar-refractivity contribution < 1.29 is 9.18 Å². The Hall–Kier alpha value is -1.18. The molecular weight excluding hydrogens is 179 g/mol. The van der Waals surface area contributed by atoms with E-state index in [1.165, 1.54) is 6.07 Å². The van der Waals surface area contributed by atoms with E-state index in [2.05, 4.69) is 0 Å². The number of ketones is 1. The minimum atomic E-state index is -0.722. The summed E-state index contributed by atoms with van der Waals surface area (Å²) < 4.78 is 13.4. The molecule has 0 amide bonds. The van der Waals surface area contributed by atoms with Crippen molar-refractivity contribution in [2.75, 3.05) is 0 Å². The second kappa shape index (κ2) is 3.91. The zero-order valence-corrected chi connectivity index (χ0v) is 8.80. The molecule has 0 saturated heterocycles. The van der Waals surface area contributed by atoms with E-state index < -0.39 is 5.41 Å². The molecule has 0 aromatic heterocycles. The van der Waals surface area contributed by atoms with Crippen LogP contribution in [0.25, 0.3) is 0 Å². The highest BCUT2D eigenvalue weighted by atomic mass is 19.1. The van der Waals surface area contributed by atoms with E-state index in [0.717, 1.165) is 0 Å². The molecule has 2 heteroatoms. The van der Waals surface area contributed by atoms with E-state index in [0.29, 0.717) is 12.0 Å². The number of hydrogen-bond donors (Lipinski definition) is 0. The molecular formula is C12H15FO. The maximum absolute atomic E-state index is 13.4. The second-order valence-electron chi connectivity index (χ2n) is 3.88. The summed E-state index contributed by atoms with van der Waals surface area (Å²) in [5, 5.41) is 0. The van der Waals surface area contributed by atoms with Crippen molar-refractivity contribution in [2.24, 2.45) is 0 Å². The third-order valence-electron chi connectivity index (χ3n) is 2.57. The molecule has 0 aliphatic carbocycles. The van der Waals surface area contributed by atoms with Gasteiger partial charge < -0.3 is 0 Å². The van der Waals surface area contributed by atoms with Gasteiger partial charge >= 0.3 is 0 Å². The van der Waals surface area contributed by atoms with E-state index in [9.17, 15) is 9.18 Å². The molecule has 1 aromatic carbocycles. The van der Waals surface area contributed by atoms with Gasteiger partial charge in [0.1, 0.15) is 11.6 Å². The van der Waals surface area contributed by atoms with Crippen LogP contribution in [0.15, 0.2) is 24.3 Å². The predicted octanol–water partition coefficient (Wildman–Crippen LogP) is 3.08. The molecule has 76 valence electrons. The van der Waals surface area contributed by atoms with Crippen LogP contribution in [0, 0.1) is 5.82 Å². The van der Waals surface area contributed by atoms with Crippen LogP contribution in [0.3, 0.4) is 0 Å². The highest BCUT2D eigenvalue weighted by molar-refractivity contribution is 5.89. The van der Waals surface area contributed by atoms with Crippen LogP contribution in [0.1, 0.15) is 32.8 Å². The Morgan fingerprint density at radius 2 is 1.93 bits per heavy atom. The van der Waals surface area contributed by atoms with E-state index in [1.54, 1.807) is 39.0 Å². The Morgan fingerprint density at radius 1 is 1.36 bits per heavy atom. The number of Topliss-reactive ketones (excluding diaryl/α,β-unsaturated/α-hetero) is 1. The first kappa shape index (κ1) is 10.9. The van der Waals surface area contributed by atoms with Crippen LogP contribution in [0.2, 0.25) is 0 Å². The monoisotopic (exact) mass is 194 g/mol. The summed E-state index contributed by atoms with van der Waals surface area (Å²) in [5.74, 6) is -0.248. The smallest absolute Gasteiger partial charge is 0.142 e. The molecule has 0 aliphatic heterocycles. The lowest BCUT2D eigenvalue weighted by Crippen LogP contribution is -2.29. The number of benzene rings is 1. The van der Waals surface area contributed by atoms with Gasteiger partial charge in [0.25, 0.3) is 0 Å². The van der Waals surface area contributed by atoms with E-state index in [-0.39, 0.29) is 11.6 Å². The number of hydrogen-bond acceptors (Lipinski definition) is 1. The fourth-order valence-corrected chi connectivity index (χ4v) is 1.56. The molecule has 1 nitrogen and oxygen atoms in total. The van der Waals surface area contributed by atoms with Gasteiger partial charge in [-0.1, -0.05) is 25.1 Å². The molecule has 0 aliphatic rings. The van der Waals surface area contributed by atoms with Gasteiger partial charge in [-0.2, -0.15) is 0 Å². The summed E-state index contributed by atoms with van der Waals surface area (Å²) in [4.78, 5) is 11.6. The molecule has 1 aromatic rings. The number of rotatable bonds is 3. The molecule has 0 atom stereocenters. The highest BCUT2D eigenvalue weighted by Gasteiger charge is 2.30. The highest BCUT2D eigenvalue weighted by Crippen LogP contribution is 2.27. The van der Waals surface area contributed by atoms with Gasteiger partial charge in [0, 0.05) is 12.0 Å². The fraction of sp³-hybridized carbons (Fsp3) is 0.417. The van der Waals surface area contributed by atoms with E-state index >= 15 is 0 Å². The molecule has 0 unspecified atom stereocenters. The maximum Gasteiger partial charge on any atom is 0.142 e. The summed E-state index contributed by atoms with van der Waals surface area (Å²) in [7, 11) is 0. The summed E-state index contributed by atoms with van der Waals surface area (Å²) >= 11 is 0. The largest absolute Gasteiger partial charge is 0.299 e. The van der Waals surface area contributed by atoms with Crippen molar-refractivity contribution in [1.29, 1.82) is 0 Å². The van der Waals surface area contributed by atoms with Crippen LogP contribution in [-0.2, 0) is 10.2 Å². The Morgan fingerprint density at radius 3 is 2.43 bits per heavy atom. The van der Waals surface area contributed by atoms with E-state index in [4.69, 9.17) is 0 Å². The molecule has 0 heterocycles. The molecule has 0 radical (unpaired) electrons. The first-order valence-electron chi connectivity index (χ1n) is 4.78. The number of carbonyl (C=O) groups is 1. The summed E-state index contributed by atoms with van der Waals surface area (Å²) in [6.45, 7) is 5.32. The summed E-state index contributed by atoms with van der Waals surface area (Å²) in [6.07, 6.45) is 0.432. The average Bonchev–Trinajstić information content (AvgIpc) is 2.17. The molecule has 0 N–H and O–H groups in total. The molecule has 0 spiro atoms. The van der Waals surface area contributed by atoms with Gasteiger partial charge in [-0.05, 0) is 19.9 Å². The zero-order valence-electron chi connectivity index (χ0n) is 8.80. The first-order valence-corrected chi connectivity index (χ1v) is 4.78. The Bertz CT molecular complexity index is 342. The van der Waals surface area contributed by atoms with Crippen LogP contribution in [-0.4, -0.2) is 5.78 Å². The predicted molar refractivity (Wildman–Crippen MR) is 54.7 cm³/mol. The van der Waals surface area contributed by atoms with Crippen molar-refractivity contribution in [3.63, 3.8) is 0 Å². The Labute approximate surface area is 83.9 Å². The van der Waals surface area contributed by atoms with Gasteiger partial charge in [-0.25, -0.2) is 4.39 Å². The maximum atomic E-state index is 13.4. The first-order chi connectivity index (χ1) is 6.50. The number of halogens is 1. The van der Waals surface area contributed by atoms with Crippen molar-refractivity contribution in [3.05, 3.63) is 35.6 Å². The fourth-order valence-electron chi connectivity index (χ4n) is 1.56. The minimum absolute atomic E-state index is 0.0580. The molecule has 1 rings (SSSR count). The topological polar surface area (TPSA) is 17.1 Å². The van der Waals surface area contributed by atoms with Crippen molar-refractivity contribution in [1.82, 2.24) is 0 Å². The Kier molecular flexibility index (Phi) is 3.04. The van der Waals surface area contributed by atoms with Crippen molar-refractivity contribution in [3.8, 4) is 0 Å². The third kappa shape index (κ3) is 1.84. The zero-order chi connectivity index (χ0) is 10.8. The normalized spacial score (nSPS) is 11.4. The van der Waals surface area contributed by atoms with Crippen LogP contribution >= 0.6 is 0 Å². The van der Waals surface area contributed by atoms with Gasteiger partial charge in [0.05, 0.1) is 5.41 Å². The molecule has 0 saturated carbocycles. The van der Waals surface area contributed by atoms with Gasteiger partial charge in [-0.3, -0.25) is 4.79 Å². The van der Waals surface area contributed by atoms with Gasteiger partial charge in [0.15, 0.2) is 0 Å². The van der Waals surface area contributed by atoms with Gasteiger partial charge in [0.2, 0.25) is 0 Å². The van der Waals surface area contributed by atoms with Crippen LogP contribution in [0.4, 0.5) is 4.39 Å². The summed E-state index contributed by atoms with van der Waals surface area (Å²) in [5.41, 5.74) is -0.244. The van der Waals surface area contributed by atoms with E-state index in [1.807, 2.05) is 0 Å². The van der Waals surface area contributed by atoms with Crippen LogP contribution in [0.5, 0.6) is 0 Å². The molecule has 14 heavy (non-hydrogen) atoms. The lowest BCUT2D eigenvalue weighted by Gasteiger charge is -2.23. The second-order valence-corrected chi connectivity index (χ2v) is 3.88. The molecule has 0 fully saturated rings. The Balaban J connectivity index is 3.16. The van der Waals surface area contributed by atoms with Crippen LogP contribution < -0.4 is 0 Å². The lowest BCUT2D eigenvalue weighted by molar-refractivity contribution is -0.123. The standard InChI is InChI=1S/C12H15FO/c1-4-11(14)12(2,3)9-7-5-6-8-10(9)13/h5-8H,4H2,1-3H3.